The molecule has 1 N–H and O–H groups in total. The van der Waals surface area contributed by atoms with Crippen LogP contribution in [0.4, 0.5) is 14.6 Å². The van der Waals surface area contributed by atoms with Crippen molar-refractivity contribution in [2.24, 2.45) is 0 Å². The first-order valence-corrected chi connectivity index (χ1v) is 9.34. The average Bonchev–Trinajstić information content (AvgIpc) is 2.68. The summed E-state index contributed by atoms with van der Waals surface area (Å²) in [5, 5.41) is 2.38. The number of aryl methyl sites for hydroxylation is 1. The van der Waals surface area contributed by atoms with Gasteiger partial charge in [0, 0.05) is 11.1 Å². The summed E-state index contributed by atoms with van der Waals surface area (Å²) in [5.74, 6) is -1.99. The van der Waals surface area contributed by atoms with Gasteiger partial charge in [-0.15, -0.1) is 0 Å². The van der Waals surface area contributed by atoms with Crippen molar-refractivity contribution in [3.8, 4) is 5.75 Å². The maximum absolute atomic E-state index is 13.8. The molecule has 0 spiro atoms. The van der Waals surface area contributed by atoms with Crippen molar-refractivity contribution in [3.05, 3.63) is 88.9 Å². The smallest absolute Gasteiger partial charge is 0.262 e. The van der Waals surface area contributed by atoms with Gasteiger partial charge >= 0.3 is 0 Å². The molecule has 1 amide bonds. The molecule has 0 bridgehead atoms. The lowest BCUT2D eigenvalue weighted by Crippen LogP contribution is -2.29. The molecule has 30 heavy (non-hydrogen) atoms. The molecule has 0 saturated heterocycles. The van der Waals surface area contributed by atoms with Gasteiger partial charge in [0.2, 0.25) is 0 Å². The van der Waals surface area contributed by atoms with Gasteiger partial charge in [0.1, 0.15) is 28.5 Å². The van der Waals surface area contributed by atoms with Crippen LogP contribution in [-0.2, 0) is 0 Å². The van der Waals surface area contributed by atoms with Gasteiger partial charge < -0.3 is 10.1 Å². The SMILES string of the molecule is Cc1ccc2c(c1)C(c1cnc(NC(=O)c3c(F)cccc3F)cn1)=CC(C)(C)O2. The Hall–Kier alpha value is -3.61. The minimum absolute atomic E-state index is 0.0859. The summed E-state index contributed by atoms with van der Waals surface area (Å²) in [4.78, 5) is 20.8. The predicted octanol–water partition coefficient (Wildman–Crippen LogP) is 4.92. The van der Waals surface area contributed by atoms with Gasteiger partial charge in [0.05, 0.1) is 18.1 Å². The summed E-state index contributed by atoms with van der Waals surface area (Å²) in [6.45, 7) is 5.88. The Morgan fingerprint density at radius 1 is 1.07 bits per heavy atom. The van der Waals surface area contributed by atoms with E-state index in [-0.39, 0.29) is 5.82 Å². The number of nitrogens with zero attached hydrogens (tertiary/aromatic N) is 2. The van der Waals surface area contributed by atoms with Crippen molar-refractivity contribution in [2.75, 3.05) is 5.32 Å². The number of hydrogen-bond acceptors (Lipinski definition) is 4. The second-order valence-corrected chi connectivity index (χ2v) is 7.60. The molecule has 0 fully saturated rings. The number of ether oxygens (including phenoxy) is 1. The van der Waals surface area contributed by atoms with E-state index in [1.807, 2.05) is 45.0 Å². The standard InChI is InChI=1S/C23H19F2N3O2/c1-13-7-8-19-14(9-13)15(10-23(2,3)30-19)18-11-27-20(12-26-18)28-22(29)21-16(24)5-4-6-17(21)25/h4-12H,1-3H3,(H,27,28,29). The van der Waals surface area contributed by atoms with Gasteiger partial charge in [0.25, 0.3) is 5.91 Å². The number of benzene rings is 2. The zero-order valence-electron chi connectivity index (χ0n) is 16.7. The maximum Gasteiger partial charge on any atom is 0.262 e. The van der Waals surface area contributed by atoms with E-state index in [0.717, 1.165) is 34.6 Å². The normalized spacial score (nSPS) is 14.4. The van der Waals surface area contributed by atoms with E-state index in [9.17, 15) is 13.6 Å². The Bertz CT molecular complexity index is 1150. The van der Waals surface area contributed by atoms with E-state index in [0.29, 0.717) is 5.69 Å². The third-order valence-corrected chi connectivity index (χ3v) is 4.65. The lowest BCUT2D eigenvalue weighted by Gasteiger charge is -2.31. The van der Waals surface area contributed by atoms with E-state index in [1.165, 1.54) is 18.5 Å². The number of carbonyl (C=O) groups is 1. The number of anilines is 1. The number of carbonyl (C=O) groups excluding carboxylic acids is 1. The van der Waals surface area contributed by atoms with Crippen LogP contribution >= 0.6 is 0 Å². The molecule has 2 heterocycles. The lowest BCUT2D eigenvalue weighted by molar-refractivity contribution is 0.101. The highest BCUT2D eigenvalue weighted by Crippen LogP contribution is 2.39. The summed E-state index contributed by atoms with van der Waals surface area (Å²) in [6, 6.07) is 9.14. The molecule has 0 saturated carbocycles. The first-order chi connectivity index (χ1) is 14.2. The van der Waals surface area contributed by atoms with Gasteiger partial charge in [-0.05, 0) is 51.1 Å². The molecule has 4 rings (SSSR count). The Balaban J connectivity index is 1.63. The van der Waals surface area contributed by atoms with E-state index < -0.39 is 28.7 Å². The van der Waals surface area contributed by atoms with Gasteiger partial charge in [-0.2, -0.15) is 0 Å². The molecule has 3 aromatic rings. The van der Waals surface area contributed by atoms with Gasteiger partial charge in [0.15, 0.2) is 5.82 Å². The van der Waals surface area contributed by atoms with Gasteiger partial charge in [-0.1, -0.05) is 17.7 Å². The van der Waals surface area contributed by atoms with Crippen LogP contribution in [0.5, 0.6) is 5.75 Å². The first kappa shape index (κ1) is 19.7. The fourth-order valence-electron chi connectivity index (χ4n) is 3.32. The van der Waals surface area contributed by atoms with Crippen LogP contribution in [0.25, 0.3) is 5.57 Å². The van der Waals surface area contributed by atoms with Crippen molar-refractivity contribution in [1.82, 2.24) is 9.97 Å². The summed E-state index contributed by atoms with van der Waals surface area (Å²) < 4.78 is 33.6. The van der Waals surface area contributed by atoms with Crippen molar-refractivity contribution >= 4 is 17.3 Å². The molecule has 1 aromatic heterocycles. The molecular weight excluding hydrogens is 388 g/mol. The third-order valence-electron chi connectivity index (χ3n) is 4.65. The Labute approximate surface area is 172 Å². The summed E-state index contributed by atoms with van der Waals surface area (Å²) in [6.07, 6.45) is 4.82. The highest BCUT2D eigenvalue weighted by Gasteiger charge is 2.28. The highest BCUT2D eigenvalue weighted by molar-refractivity contribution is 6.04. The molecule has 0 aliphatic carbocycles. The Morgan fingerprint density at radius 3 is 2.47 bits per heavy atom. The largest absolute Gasteiger partial charge is 0.483 e. The van der Waals surface area contributed by atoms with Gasteiger partial charge in [-0.25, -0.2) is 13.8 Å². The average molecular weight is 407 g/mol. The molecule has 2 aromatic carbocycles. The van der Waals surface area contributed by atoms with E-state index >= 15 is 0 Å². The fraction of sp³-hybridized carbons (Fsp3) is 0.174. The fourth-order valence-corrected chi connectivity index (χ4v) is 3.32. The first-order valence-electron chi connectivity index (χ1n) is 9.34. The van der Waals surface area contributed by atoms with Crippen LogP contribution in [0, 0.1) is 18.6 Å². The second kappa shape index (κ2) is 7.33. The molecule has 1 aliphatic rings. The number of amides is 1. The number of fused-ring (bicyclic) bond motifs is 1. The molecule has 0 unspecified atom stereocenters. The minimum atomic E-state index is -0.946. The van der Waals surface area contributed by atoms with Crippen molar-refractivity contribution < 1.29 is 18.3 Å². The predicted molar refractivity (Wildman–Crippen MR) is 109 cm³/mol. The lowest BCUT2D eigenvalue weighted by atomic mass is 9.92. The molecule has 7 heteroatoms. The van der Waals surface area contributed by atoms with Crippen LogP contribution in [-0.4, -0.2) is 21.5 Å². The minimum Gasteiger partial charge on any atom is -0.483 e. The van der Waals surface area contributed by atoms with Crippen molar-refractivity contribution in [3.63, 3.8) is 0 Å². The van der Waals surface area contributed by atoms with E-state index in [4.69, 9.17) is 4.74 Å². The summed E-state index contributed by atoms with van der Waals surface area (Å²) in [5.41, 5.74) is 2.22. The van der Waals surface area contributed by atoms with Crippen LogP contribution < -0.4 is 10.1 Å². The van der Waals surface area contributed by atoms with Crippen molar-refractivity contribution in [2.45, 2.75) is 26.4 Å². The molecular formula is C23H19F2N3O2. The number of aromatic nitrogens is 2. The monoisotopic (exact) mass is 407 g/mol. The highest BCUT2D eigenvalue weighted by atomic mass is 19.1. The Kier molecular flexibility index (Phi) is 4.81. The maximum atomic E-state index is 13.8. The number of hydrogen-bond donors (Lipinski definition) is 1. The summed E-state index contributed by atoms with van der Waals surface area (Å²) in [7, 11) is 0. The Morgan fingerprint density at radius 2 is 1.80 bits per heavy atom. The number of halogens is 2. The van der Waals surface area contributed by atoms with Crippen LogP contribution in [0.1, 0.15) is 41.0 Å². The second-order valence-electron chi connectivity index (χ2n) is 7.60. The van der Waals surface area contributed by atoms with Crippen molar-refractivity contribution in [1.29, 1.82) is 0 Å². The number of nitrogens with one attached hydrogen (secondary N) is 1. The van der Waals surface area contributed by atoms with E-state index in [2.05, 4.69) is 15.3 Å². The van der Waals surface area contributed by atoms with Crippen LogP contribution in [0.15, 0.2) is 54.9 Å². The molecule has 0 atom stereocenters. The molecule has 1 aliphatic heterocycles. The zero-order chi connectivity index (χ0) is 21.5. The molecule has 0 radical (unpaired) electrons. The summed E-state index contributed by atoms with van der Waals surface area (Å²) >= 11 is 0. The number of rotatable bonds is 3. The zero-order valence-corrected chi connectivity index (χ0v) is 16.7. The van der Waals surface area contributed by atoms with Crippen LogP contribution in [0.2, 0.25) is 0 Å². The molecule has 152 valence electrons. The third kappa shape index (κ3) is 3.78. The van der Waals surface area contributed by atoms with Gasteiger partial charge in [-0.3, -0.25) is 9.78 Å². The topological polar surface area (TPSA) is 64.1 Å². The molecule has 5 nitrogen and oxygen atoms in total. The van der Waals surface area contributed by atoms with Crippen LogP contribution in [0.3, 0.4) is 0 Å². The van der Waals surface area contributed by atoms with E-state index in [1.54, 1.807) is 0 Å². The quantitative estimate of drug-likeness (QED) is 0.670.